The molecule has 6 nitrogen and oxygen atoms in total. The third kappa shape index (κ3) is 3.73. The van der Waals surface area contributed by atoms with Gasteiger partial charge >= 0.3 is 5.97 Å². The summed E-state index contributed by atoms with van der Waals surface area (Å²) in [6.07, 6.45) is 2.09. The number of rotatable bonds is 4. The number of ether oxygens (including phenoxy) is 1. The highest BCUT2D eigenvalue weighted by atomic mass is 35.5. The number of aliphatic hydroxyl groups excluding tert-OH is 1. The van der Waals surface area contributed by atoms with Crippen LogP contribution in [0.5, 0.6) is 5.75 Å². The Morgan fingerprint density at radius 3 is 2.70 bits per heavy atom. The van der Waals surface area contributed by atoms with Gasteiger partial charge in [0.2, 0.25) is 0 Å². The van der Waals surface area contributed by atoms with E-state index in [2.05, 4.69) is 4.98 Å². The van der Waals surface area contributed by atoms with E-state index in [0.29, 0.717) is 54.4 Å². The molecule has 4 atom stereocenters. The fourth-order valence-corrected chi connectivity index (χ4v) is 4.40. The molecule has 1 saturated carbocycles. The van der Waals surface area contributed by atoms with Crippen LogP contribution in [0.15, 0.2) is 42.6 Å². The van der Waals surface area contributed by atoms with Gasteiger partial charge in [0, 0.05) is 24.3 Å². The Hall–Kier alpha value is -2.31. The van der Waals surface area contributed by atoms with Crippen LogP contribution in [-0.2, 0) is 0 Å². The zero-order chi connectivity index (χ0) is 19.0. The van der Waals surface area contributed by atoms with E-state index >= 15 is 0 Å². The van der Waals surface area contributed by atoms with E-state index in [-0.39, 0.29) is 11.7 Å². The molecule has 0 unspecified atom stereocenters. The molecule has 142 valence electrons. The molecule has 1 aliphatic heterocycles. The predicted molar refractivity (Wildman–Crippen MR) is 101 cm³/mol. The van der Waals surface area contributed by atoms with Gasteiger partial charge in [-0.2, -0.15) is 0 Å². The van der Waals surface area contributed by atoms with Crippen LogP contribution in [0.2, 0.25) is 5.02 Å². The summed E-state index contributed by atoms with van der Waals surface area (Å²) in [5.74, 6) is 0.790. The lowest BCUT2D eigenvalue weighted by molar-refractivity contribution is -0.0231. The Kier molecular flexibility index (Phi) is 4.93. The van der Waals surface area contributed by atoms with Gasteiger partial charge in [0.05, 0.1) is 6.10 Å². The van der Waals surface area contributed by atoms with E-state index in [1.165, 1.54) is 0 Å². The van der Waals surface area contributed by atoms with Crippen molar-refractivity contribution in [3.8, 4) is 5.75 Å². The second-order valence-corrected chi connectivity index (χ2v) is 7.69. The number of halogens is 1. The molecule has 0 amide bonds. The van der Waals surface area contributed by atoms with Crippen LogP contribution in [0, 0.1) is 11.8 Å². The van der Waals surface area contributed by atoms with E-state index in [1.807, 2.05) is 17.0 Å². The van der Waals surface area contributed by atoms with E-state index in [1.54, 1.807) is 30.5 Å². The van der Waals surface area contributed by atoms with Crippen LogP contribution in [0.3, 0.4) is 0 Å². The molecule has 2 aromatic rings. The van der Waals surface area contributed by atoms with Crippen molar-refractivity contribution < 1.29 is 19.7 Å². The molecule has 1 saturated heterocycles. The molecule has 2 N–H and O–H groups in total. The summed E-state index contributed by atoms with van der Waals surface area (Å²) < 4.78 is 6.00. The first-order chi connectivity index (χ1) is 13.0. The zero-order valence-corrected chi connectivity index (χ0v) is 15.4. The first-order valence-corrected chi connectivity index (χ1v) is 9.42. The maximum absolute atomic E-state index is 11.5. The van der Waals surface area contributed by atoms with Gasteiger partial charge in [0.1, 0.15) is 23.2 Å². The van der Waals surface area contributed by atoms with Crippen LogP contribution in [0.25, 0.3) is 0 Å². The molecule has 1 aliphatic carbocycles. The minimum absolute atomic E-state index is 0.212. The first kappa shape index (κ1) is 18.1. The number of pyridine rings is 1. The number of hydrogen-bond donors (Lipinski definition) is 2. The maximum Gasteiger partial charge on any atom is 0.339 e. The van der Waals surface area contributed by atoms with Crippen molar-refractivity contribution in [2.75, 3.05) is 18.0 Å². The number of aliphatic hydroxyl groups is 1. The Labute approximate surface area is 162 Å². The third-order valence-electron chi connectivity index (χ3n) is 5.49. The van der Waals surface area contributed by atoms with Crippen LogP contribution in [0.1, 0.15) is 23.2 Å². The number of benzene rings is 1. The van der Waals surface area contributed by atoms with Crippen molar-refractivity contribution in [2.45, 2.75) is 25.0 Å². The molecule has 0 radical (unpaired) electrons. The topological polar surface area (TPSA) is 82.9 Å². The smallest absolute Gasteiger partial charge is 0.339 e. The number of hydrogen-bond acceptors (Lipinski definition) is 5. The highest BCUT2D eigenvalue weighted by molar-refractivity contribution is 6.30. The second-order valence-electron chi connectivity index (χ2n) is 7.26. The van der Waals surface area contributed by atoms with Crippen molar-refractivity contribution >= 4 is 23.4 Å². The maximum atomic E-state index is 11.5. The standard InChI is InChI=1S/C20H21ClN2O4/c21-14-3-1-4-15(9-14)27-18-8-13-11-23(10-12(13)7-17(18)24)19-16(20(25)26)5-2-6-22-19/h1-6,9,12-13,17-18,24H,7-8,10-11H2,(H,25,26)/t12-,13+,17+,18+/m0/s1. The Morgan fingerprint density at radius 1 is 1.19 bits per heavy atom. The van der Waals surface area contributed by atoms with Gasteiger partial charge in [0.15, 0.2) is 0 Å². The zero-order valence-electron chi connectivity index (χ0n) is 14.7. The fraction of sp³-hybridized carbons (Fsp3) is 0.400. The molecule has 2 aliphatic rings. The lowest BCUT2D eigenvalue weighted by Crippen LogP contribution is -2.42. The molecular formula is C20H21ClN2O4. The average molecular weight is 389 g/mol. The van der Waals surface area contributed by atoms with Crippen molar-refractivity contribution in [3.05, 3.63) is 53.2 Å². The number of fused-ring (bicyclic) bond motifs is 1. The molecule has 2 fully saturated rings. The normalized spacial score (nSPS) is 27.3. The summed E-state index contributed by atoms with van der Waals surface area (Å²) in [6.45, 7) is 1.41. The summed E-state index contributed by atoms with van der Waals surface area (Å²) in [7, 11) is 0. The van der Waals surface area contributed by atoms with Crippen molar-refractivity contribution in [2.24, 2.45) is 11.8 Å². The number of carbonyl (C=O) groups is 1. The first-order valence-electron chi connectivity index (χ1n) is 9.05. The molecule has 7 heteroatoms. The van der Waals surface area contributed by atoms with Crippen molar-refractivity contribution in [3.63, 3.8) is 0 Å². The van der Waals surface area contributed by atoms with Crippen LogP contribution >= 0.6 is 11.6 Å². The van der Waals surface area contributed by atoms with E-state index in [4.69, 9.17) is 16.3 Å². The van der Waals surface area contributed by atoms with Crippen LogP contribution in [-0.4, -0.2) is 46.5 Å². The van der Waals surface area contributed by atoms with E-state index in [0.717, 1.165) is 0 Å². The molecule has 1 aromatic carbocycles. The monoisotopic (exact) mass is 388 g/mol. The number of carboxylic acids is 1. The van der Waals surface area contributed by atoms with Gasteiger partial charge < -0.3 is 19.8 Å². The number of aromatic carboxylic acids is 1. The summed E-state index contributed by atoms with van der Waals surface area (Å²) >= 11 is 6.01. The number of carboxylic acid groups (broad SMARTS) is 1. The highest BCUT2D eigenvalue weighted by Gasteiger charge is 2.43. The van der Waals surface area contributed by atoms with E-state index < -0.39 is 12.1 Å². The summed E-state index contributed by atoms with van der Waals surface area (Å²) in [6, 6.07) is 10.4. The Morgan fingerprint density at radius 2 is 1.96 bits per heavy atom. The second kappa shape index (κ2) is 7.37. The molecular weight excluding hydrogens is 368 g/mol. The summed E-state index contributed by atoms with van der Waals surface area (Å²) in [4.78, 5) is 17.8. The molecule has 0 bridgehead atoms. The molecule has 27 heavy (non-hydrogen) atoms. The van der Waals surface area contributed by atoms with Gasteiger partial charge in [0.25, 0.3) is 0 Å². The Bertz CT molecular complexity index is 846. The fourth-order valence-electron chi connectivity index (χ4n) is 4.22. The quantitative estimate of drug-likeness (QED) is 0.837. The molecule has 4 rings (SSSR count). The largest absolute Gasteiger partial charge is 0.488 e. The molecule has 1 aromatic heterocycles. The lowest BCUT2D eigenvalue weighted by atomic mass is 9.78. The van der Waals surface area contributed by atoms with E-state index in [9.17, 15) is 15.0 Å². The highest BCUT2D eigenvalue weighted by Crippen LogP contribution is 2.40. The van der Waals surface area contributed by atoms with Gasteiger partial charge in [-0.05, 0) is 55.0 Å². The van der Waals surface area contributed by atoms with Crippen molar-refractivity contribution in [1.29, 1.82) is 0 Å². The number of aromatic nitrogens is 1. The average Bonchev–Trinajstić information content (AvgIpc) is 3.04. The minimum atomic E-state index is -0.977. The van der Waals surface area contributed by atoms with Gasteiger partial charge in [-0.1, -0.05) is 17.7 Å². The molecule has 2 heterocycles. The molecule has 0 spiro atoms. The SMILES string of the molecule is O=C(O)c1cccnc1N1C[C@H]2C[C@@H](Oc3cccc(Cl)c3)[C@H](O)C[C@H]2C1. The number of nitrogens with zero attached hydrogens (tertiary/aromatic N) is 2. The van der Waals surface area contributed by atoms with Crippen LogP contribution < -0.4 is 9.64 Å². The van der Waals surface area contributed by atoms with Crippen LogP contribution in [0.4, 0.5) is 5.82 Å². The van der Waals surface area contributed by atoms with Gasteiger partial charge in [-0.15, -0.1) is 0 Å². The third-order valence-corrected chi connectivity index (χ3v) is 5.72. The van der Waals surface area contributed by atoms with Gasteiger partial charge in [-0.3, -0.25) is 0 Å². The lowest BCUT2D eigenvalue weighted by Gasteiger charge is -2.35. The summed E-state index contributed by atoms with van der Waals surface area (Å²) in [5.41, 5.74) is 0.212. The number of anilines is 1. The predicted octanol–water partition coefficient (Wildman–Crippen LogP) is 3.09. The van der Waals surface area contributed by atoms with Gasteiger partial charge in [-0.25, -0.2) is 9.78 Å². The minimum Gasteiger partial charge on any atom is -0.488 e. The Balaban J connectivity index is 1.48. The van der Waals surface area contributed by atoms with Crippen molar-refractivity contribution in [1.82, 2.24) is 4.98 Å². The summed E-state index contributed by atoms with van der Waals surface area (Å²) in [5, 5.41) is 20.6.